The van der Waals surface area contributed by atoms with Gasteiger partial charge in [0.25, 0.3) is 0 Å². The summed E-state index contributed by atoms with van der Waals surface area (Å²) in [6, 6.07) is 4.87. The number of hydrogen-bond acceptors (Lipinski definition) is 6. The molecule has 4 aromatic rings. The van der Waals surface area contributed by atoms with E-state index >= 15 is 0 Å². The summed E-state index contributed by atoms with van der Waals surface area (Å²) in [5.41, 5.74) is -1.60. The van der Waals surface area contributed by atoms with Crippen LogP contribution in [0.2, 0.25) is 0 Å². The van der Waals surface area contributed by atoms with Gasteiger partial charge in [0.05, 0.1) is 29.2 Å². The van der Waals surface area contributed by atoms with E-state index in [4.69, 9.17) is 4.74 Å². The van der Waals surface area contributed by atoms with E-state index in [0.29, 0.717) is 28.4 Å². The Balaban J connectivity index is 1.70. The molecule has 2 aliphatic heterocycles. The normalized spacial score (nSPS) is 24.5. The maximum Gasteiger partial charge on any atom is 0.416 e. The minimum atomic E-state index is -4.68. The second kappa shape index (κ2) is 9.63. The zero-order valence-electron chi connectivity index (χ0n) is 21.9. The van der Waals surface area contributed by atoms with Crippen LogP contribution in [0, 0.1) is 5.82 Å². The molecule has 0 bridgehead atoms. The van der Waals surface area contributed by atoms with Crippen LogP contribution in [0.5, 0.6) is 0 Å². The lowest BCUT2D eigenvalue weighted by atomic mass is 10.1. The molecule has 0 radical (unpaired) electrons. The van der Waals surface area contributed by atoms with Crippen molar-refractivity contribution in [3.63, 3.8) is 0 Å². The van der Waals surface area contributed by atoms with Crippen molar-refractivity contribution < 1.29 is 22.3 Å². The van der Waals surface area contributed by atoms with Gasteiger partial charge in [-0.2, -0.15) is 29.1 Å². The Kier molecular flexibility index (Phi) is 6.46. The highest BCUT2D eigenvalue weighted by molar-refractivity contribution is 8.17. The number of thiol groups is 1. The van der Waals surface area contributed by atoms with Gasteiger partial charge < -0.3 is 24.9 Å². The van der Waals surface area contributed by atoms with Gasteiger partial charge in [-0.1, -0.05) is 0 Å². The van der Waals surface area contributed by atoms with E-state index < -0.39 is 45.9 Å². The Labute approximate surface area is 227 Å². The first-order valence-corrected chi connectivity index (χ1v) is 14.3. The fraction of sp³-hybridized carbons (Fsp3) is 0.423. The number of nitrogens with one attached hydrogen (secondary N) is 3. The van der Waals surface area contributed by atoms with Crippen molar-refractivity contribution in [3.05, 3.63) is 56.6 Å². The average Bonchev–Trinajstić information content (AvgIpc) is 3.20. The predicted octanol–water partition coefficient (Wildman–Crippen LogP) is 3.36. The molecule has 1 unspecified atom stereocenters. The molecular formula is C26H28F4N6O3S. The maximum absolute atomic E-state index is 14.6. The van der Waals surface area contributed by atoms with Crippen LogP contribution in [0.3, 0.4) is 0 Å². The zero-order chi connectivity index (χ0) is 28.5. The molecule has 6 rings (SSSR count). The lowest BCUT2D eigenvalue weighted by molar-refractivity contribution is -0.137. The predicted molar refractivity (Wildman–Crippen MR) is 145 cm³/mol. The molecule has 2 aliphatic rings. The van der Waals surface area contributed by atoms with Crippen LogP contribution in [-0.4, -0.2) is 63.7 Å². The lowest BCUT2D eigenvalue weighted by Crippen LogP contribution is -2.55. The molecule has 14 heteroatoms. The molecule has 214 valence electrons. The van der Waals surface area contributed by atoms with Crippen LogP contribution in [-0.2, 0) is 17.5 Å². The second-order valence-corrected chi connectivity index (χ2v) is 12.6. The number of aromatic nitrogens is 4. The highest BCUT2D eigenvalue weighted by Gasteiger charge is 2.36. The molecule has 1 saturated heterocycles. The molecule has 0 amide bonds. The smallest absolute Gasteiger partial charge is 0.379 e. The number of ether oxygens (including phenoxy) is 1. The number of halogens is 4. The topological polar surface area (TPSA) is 108 Å². The van der Waals surface area contributed by atoms with Crippen molar-refractivity contribution in [2.24, 2.45) is 0 Å². The largest absolute Gasteiger partial charge is 0.416 e. The zero-order valence-corrected chi connectivity index (χ0v) is 22.8. The number of alkyl halides is 3. The Morgan fingerprint density at radius 1 is 1.02 bits per heavy atom. The molecule has 4 heterocycles. The average molecular weight is 581 g/mol. The quantitative estimate of drug-likeness (QED) is 0.219. The third-order valence-electron chi connectivity index (χ3n) is 7.51. The fourth-order valence-electron chi connectivity index (χ4n) is 5.90. The molecule has 40 heavy (non-hydrogen) atoms. The van der Waals surface area contributed by atoms with Gasteiger partial charge in [0.15, 0.2) is 0 Å². The van der Waals surface area contributed by atoms with Gasteiger partial charge in [-0.15, -0.1) is 0 Å². The minimum absolute atomic E-state index is 0.0249. The summed E-state index contributed by atoms with van der Waals surface area (Å²) in [4.78, 5) is 37.7. The Hall–Kier alpha value is -3.36. The second-order valence-electron chi connectivity index (χ2n) is 10.5. The van der Waals surface area contributed by atoms with Crippen molar-refractivity contribution in [3.8, 4) is 0 Å². The van der Waals surface area contributed by atoms with Gasteiger partial charge in [-0.3, -0.25) is 4.57 Å². The molecule has 9 nitrogen and oxygen atoms in total. The fourth-order valence-corrected chi connectivity index (χ4v) is 8.71. The van der Waals surface area contributed by atoms with Crippen molar-refractivity contribution in [1.82, 2.24) is 24.8 Å². The van der Waals surface area contributed by atoms with Gasteiger partial charge in [0, 0.05) is 53.2 Å². The number of nitrogens with zero attached hydrogens (tertiary/aromatic N) is 3. The van der Waals surface area contributed by atoms with Crippen LogP contribution in [0.1, 0.15) is 19.4 Å². The number of methoxy groups -OCH3 is 1. The van der Waals surface area contributed by atoms with E-state index in [9.17, 15) is 27.2 Å². The van der Waals surface area contributed by atoms with E-state index in [1.165, 1.54) is 23.8 Å². The van der Waals surface area contributed by atoms with Crippen LogP contribution >= 0.6 is 10.9 Å². The molecule has 0 spiro atoms. The van der Waals surface area contributed by atoms with E-state index in [0.717, 1.165) is 12.1 Å². The van der Waals surface area contributed by atoms with Gasteiger partial charge in [-0.25, -0.2) is 14.0 Å². The van der Waals surface area contributed by atoms with E-state index in [1.807, 2.05) is 18.7 Å². The number of anilines is 1. The van der Waals surface area contributed by atoms with E-state index in [-0.39, 0.29) is 46.6 Å². The summed E-state index contributed by atoms with van der Waals surface area (Å²) < 4.78 is 64.8. The Morgan fingerprint density at radius 3 is 2.40 bits per heavy atom. The number of piperazine rings is 1. The number of fused-ring (bicyclic) bond motifs is 1. The first kappa shape index (κ1) is 26.8. The van der Waals surface area contributed by atoms with Crippen molar-refractivity contribution in [1.29, 1.82) is 0 Å². The maximum atomic E-state index is 14.6. The third-order valence-corrected chi connectivity index (χ3v) is 10.2. The molecule has 1 fully saturated rings. The summed E-state index contributed by atoms with van der Waals surface area (Å²) in [5, 5.41) is 3.61. The molecule has 0 saturated carbocycles. The van der Waals surface area contributed by atoms with E-state index in [2.05, 4.69) is 20.3 Å². The van der Waals surface area contributed by atoms with Gasteiger partial charge in [-0.05, 0) is 38.1 Å². The number of aromatic amines is 2. The number of imidazole rings is 1. The van der Waals surface area contributed by atoms with E-state index in [1.54, 1.807) is 0 Å². The summed E-state index contributed by atoms with van der Waals surface area (Å²) in [6.07, 6.45) is -5.23. The molecule has 4 atom stereocenters. The van der Waals surface area contributed by atoms with Crippen LogP contribution < -0.4 is 21.6 Å². The van der Waals surface area contributed by atoms with Crippen molar-refractivity contribution in [2.75, 3.05) is 30.9 Å². The van der Waals surface area contributed by atoms with Gasteiger partial charge >= 0.3 is 17.6 Å². The first-order chi connectivity index (χ1) is 18.9. The lowest BCUT2D eigenvalue weighted by Gasteiger charge is -2.37. The number of rotatable bonds is 3. The Morgan fingerprint density at radius 2 is 1.73 bits per heavy atom. The number of benzene rings is 2. The summed E-state index contributed by atoms with van der Waals surface area (Å²) in [5.74, 6) is -0.215. The third kappa shape index (κ3) is 4.47. The number of H-pyrrole nitrogens is 2. The molecule has 2 aromatic heterocycles. The summed E-state index contributed by atoms with van der Waals surface area (Å²) in [7, 11) is -0.193. The number of hydrogen-bond donors (Lipinski definition) is 4. The van der Waals surface area contributed by atoms with Gasteiger partial charge in [0.1, 0.15) is 17.2 Å². The highest BCUT2D eigenvalue weighted by Crippen LogP contribution is 2.53. The molecular weight excluding hydrogens is 552 g/mol. The van der Waals surface area contributed by atoms with Gasteiger partial charge in [0.2, 0.25) is 0 Å². The SMILES string of the molecule is CO[C@H]1Cn2c(=O)nc(N3C[C@@H](C)N[C@@H](C)C3)c3cc(C(F)(F)F)cc(c32)[SH](c2ccc(F)c3[nH]c(=O)[nH]c23)C1. The van der Waals surface area contributed by atoms with Crippen LogP contribution in [0.4, 0.5) is 23.4 Å². The van der Waals surface area contributed by atoms with Crippen molar-refractivity contribution in [2.45, 2.75) is 54.5 Å². The summed E-state index contributed by atoms with van der Waals surface area (Å²) in [6.45, 7) is 4.93. The highest BCUT2D eigenvalue weighted by atomic mass is 32.2. The van der Waals surface area contributed by atoms with Crippen molar-refractivity contribution >= 4 is 38.6 Å². The monoisotopic (exact) mass is 580 g/mol. The standard InChI is InChI=1S/C26H28F4N6O3S/c1-12-8-35(9-13(2)31-12)23-16-6-14(26(28,29)30)7-19-22(16)36(25(38)34-23)10-15(39-3)11-40(19)18-5-4-17(27)20-21(18)33-24(37)32-20/h4-7,12-13,15,31,40H,8-11H2,1-3H3,(H2,32,33,37)/t12-,13+,15-/m0/s1. The Bertz CT molecular complexity index is 1740. The summed E-state index contributed by atoms with van der Waals surface area (Å²) >= 11 is 0. The van der Waals surface area contributed by atoms with Crippen LogP contribution in [0.25, 0.3) is 21.9 Å². The molecule has 3 N–H and O–H groups in total. The molecule has 0 aliphatic carbocycles. The molecule has 2 aromatic carbocycles. The van der Waals surface area contributed by atoms with Crippen LogP contribution in [0.15, 0.2) is 43.6 Å². The first-order valence-electron chi connectivity index (χ1n) is 12.8. The minimum Gasteiger partial charge on any atom is -0.379 e.